The molecule has 3 aromatic carbocycles. The quantitative estimate of drug-likeness (QED) is 0.402. The van der Waals surface area contributed by atoms with Gasteiger partial charge in [0.25, 0.3) is 5.91 Å². The van der Waals surface area contributed by atoms with Gasteiger partial charge in [0, 0.05) is 34.6 Å². The van der Waals surface area contributed by atoms with Crippen molar-refractivity contribution >= 4 is 28.4 Å². The molecule has 6 heteroatoms. The van der Waals surface area contributed by atoms with Crippen LogP contribution in [-0.4, -0.2) is 31.2 Å². The normalized spacial score (nSPS) is 11.8. The summed E-state index contributed by atoms with van der Waals surface area (Å²) in [5.41, 5.74) is 3.27. The van der Waals surface area contributed by atoms with Crippen molar-refractivity contribution in [3.05, 3.63) is 95.1 Å². The Balaban J connectivity index is 1.51. The second-order valence-corrected chi connectivity index (χ2v) is 7.60. The Morgan fingerprint density at radius 3 is 2.61 bits per heavy atom. The van der Waals surface area contributed by atoms with Gasteiger partial charge in [0.05, 0.1) is 7.11 Å². The number of nitrogens with one attached hydrogen (secondary N) is 2. The van der Waals surface area contributed by atoms with Crippen LogP contribution in [0.25, 0.3) is 10.9 Å². The molecule has 1 atom stereocenters. The van der Waals surface area contributed by atoms with Crippen molar-refractivity contribution in [2.45, 2.75) is 5.92 Å². The summed E-state index contributed by atoms with van der Waals surface area (Å²) >= 11 is 5.96. The zero-order chi connectivity index (χ0) is 21.6. The fraction of sp³-hybridized carbons (Fsp3) is 0.160. The van der Waals surface area contributed by atoms with E-state index in [0.717, 1.165) is 27.8 Å². The first kappa shape index (κ1) is 20.8. The first-order valence-electron chi connectivity index (χ1n) is 9.99. The number of amides is 1. The predicted octanol–water partition coefficient (Wildman–Crippen LogP) is 5.16. The van der Waals surface area contributed by atoms with Crippen molar-refractivity contribution in [2.24, 2.45) is 0 Å². The predicted molar refractivity (Wildman–Crippen MR) is 123 cm³/mol. The smallest absolute Gasteiger partial charge is 0.257 e. The highest BCUT2D eigenvalue weighted by atomic mass is 35.5. The number of methoxy groups -OCH3 is 1. The van der Waals surface area contributed by atoms with Gasteiger partial charge in [-0.2, -0.15) is 0 Å². The first-order valence-corrected chi connectivity index (χ1v) is 10.4. The number of carbonyl (C=O) groups excluding carboxylic acids is 1. The number of halogens is 1. The molecule has 158 valence electrons. The van der Waals surface area contributed by atoms with Crippen molar-refractivity contribution < 1.29 is 14.3 Å². The van der Waals surface area contributed by atoms with Gasteiger partial charge in [-0.3, -0.25) is 4.79 Å². The van der Waals surface area contributed by atoms with E-state index in [2.05, 4.69) is 16.4 Å². The van der Waals surface area contributed by atoms with Gasteiger partial charge >= 0.3 is 0 Å². The average molecular weight is 435 g/mol. The largest absolute Gasteiger partial charge is 0.497 e. The molecule has 0 saturated carbocycles. The minimum Gasteiger partial charge on any atom is -0.497 e. The van der Waals surface area contributed by atoms with Crippen LogP contribution in [0.3, 0.4) is 0 Å². The van der Waals surface area contributed by atoms with E-state index in [1.807, 2.05) is 48.7 Å². The number of fused-ring (bicyclic) bond motifs is 1. The highest BCUT2D eigenvalue weighted by Gasteiger charge is 2.19. The Morgan fingerprint density at radius 1 is 1.03 bits per heavy atom. The lowest BCUT2D eigenvalue weighted by Crippen LogP contribution is -2.32. The molecule has 0 unspecified atom stereocenters. The van der Waals surface area contributed by atoms with Crippen molar-refractivity contribution in [3.8, 4) is 11.5 Å². The maximum Gasteiger partial charge on any atom is 0.257 e. The summed E-state index contributed by atoms with van der Waals surface area (Å²) in [5, 5.41) is 4.70. The van der Waals surface area contributed by atoms with Gasteiger partial charge < -0.3 is 19.8 Å². The molecule has 0 saturated heterocycles. The monoisotopic (exact) mass is 434 g/mol. The van der Waals surface area contributed by atoms with Crippen LogP contribution in [0.1, 0.15) is 17.0 Å². The number of aromatic nitrogens is 1. The highest BCUT2D eigenvalue weighted by Crippen LogP contribution is 2.31. The second-order valence-electron chi connectivity index (χ2n) is 7.17. The minimum atomic E-state index is -0.196. The third-order valence-electron chi connectivity index (χ3n) is 5.18. The summed E-state index contributed by atoms with van der Waals surface area (Å²) in [6.07, 6.45) is 2.01. The second kappa shape index (κ2) is 9.58. The molecular weight excluding hydrogens is 412 g/mol. The van der Waals surface area contributed by atoms with Crippen LogP contribution in [0.5, 0.6) is 11.5 Å². The van der Waals surface area contributed by atoms with Crippen molar-refractivity contribution in [1.82, 2.24) is 10.3 Å². The van der Waals surface area contributed by atoms with E-state index >= 15 is 0 Å². The molecule has 0 bridgehead atoms. The summed E-state index contributed by atoms with van der Waals surface area (Å²) in [6.45, 7) is 0.357. The van der Waals surface area contributed by atoms with Crippen molar-refractivity contribution in [2.75, 3.05) is 20.3 Å². The van der Waals surface area contributed by atoms with E-state index in [-0.39, 0.29) is 18.4 Å². The number of carbonyl (C=O) groups is 1. The van der Waals surface area contributed by atoms with Crippen molar-refractivity contribution in [1.29, 1.82) is 0 Å². The fourth-order valence-corrected chi connectivity index (χ4v) is 3.78. The number of hydrogen-bond donors (Lipinski definition) is 2. The van der Waals surface area contributed by atoms with Gasteiger partial charge in [-0.1, -0.05) is 48.0 Å². The molecule has 5 nitrogen and oxygen atoms in total. The summed E-state index contributed by atoms with van der Waals surface area (Å²) in [6, 6.07) is 23.1. The molecule has 0 aliphatic heterocycles. The summed E-state index contributed by atoms with van der Waals surface area (Å²) in [5.74, 6) is 1.13. The molecule has 0 aliphatic rings. The Morgan fingerprint density at radius 2 is 1.84 bits per heavy atom. The fourth-order valence-electron chi connectivity index (χ4n) is 3.60. The molecule has 1 amide bonds. The molecule has 4 aromatic rings. The summed E-state index contributed by atoms with van der Waals surface area (Å²) < 4.78 is 10.8. The van der Waals surface area contributed by atoms with Gasteiger partial charge in [-0.15, -0.1) is 0 Å². The maximum absolute atomic E-state index is 12.5. The molecule has 2 N–H and O–H groups in total. The van der Waals surface area contributed by atoms with Crippen LogP contribution >= 0.6 is 11.6 Å². The van der Waals surface area contributed by atoms with Gasteiger partial charge in [0.15, 0.2) is 6.61 Å². The van der Waals surface area contributed by atoms with Gasteiger partial charge in [0.1, 0.15) is 11.5 Å². The lowest BCUT2D eigenvalue weighted by atomic mass is 9.91. The highest BCUT2D eigenvalue weighted by molar-refractivity contribution is 6.30. The standard InChI is InChI=1S/C25H23ClN2O3/c1-30-19-11-9-17(10-12-19)22(23-15-27-24-8-3-2-7-21(23)24)14-28-25(29)16-31-20-6-4-5-18(26)13-20/h2-13,15,22,27H,14,16H2,1H3,(H,28,29)/t22-/m0/s1. The zero-order valence-corrected chi connectivity index (χ0v) is 17.9. The Hall–Kier alpha value is -3.44. The molecule has 1 aromatic heterocycles. The summed E-state index contributed by atoms with van der Waals surface area (Å²) in [4.78, 5) is 15.8. The van der Waals surface area contributed by atoms with Crippen LogP contribution in [0.15, 0.2) is 79.0 Å². The molecule has 0 spiro atoms. The van der Waals surface area contributed by atoms with Crippen molar-refractivity contribution in [3.63, 3.8) is 0 Å². The third-order valence-corrected chi connectivity index (χ3v) is 5.42. The maximum atomic E-state index is 12.5. The number of rotatable bonds is 8. The number of ether oxygens (including phenoxy) is 2. The Labute approximate surface area is 186 Å². The van der Waals surface area contributed by atoms with E-state index < -0.39 is 0 Å². The van der Waals surface area contributed by atoms with Crippen LogP contribution in [-0.2, 0) is 4.79 Å². The molecule has 4 rings (SSSR count). The van der Waals surface area contributed by atoms with Crippen LogP contribution in [0.2, 0.25) is 5.02 Å². The lowest BCUT2D eigenvalue weighted by molar-refractivity contribution is -0.123. The zero-order valence-electron chi connectivity index (χ0n) is 17.1. The van der Waals surface area contributed by atoms with Gasteiger partial charge in [-0.05, 0) is 47.5 Å². The van der Waals surface area contributed by atoms with E-state index in [0.29, 0.717) is 17.3 Å². The molecule has 0 aliphatic carbocycles. The average Bonchev–Trinajstić information content (AvgIpc) is 3.22. The number of para-hydroxylation sites is 1. The molecular formula is C25H23ClN2O3. The minimum absolute atomic E-state index is 0.0304. The number of hydrogen-bond acceptors (Lipinski definition) is 3. The molecule has 1 heterocycles. The van der Waals surface area contributed by atoms with Crippen LogP contribution in [0.4, 0.5) is 0 Å². The number of H-pyrrole nitrogens is 1. The molecule has 0 fully saturated rings. The Bertz CT molecular complexity index is 1170. The number of benzene rings is 3. The van der Waals surface area contributed by atoms with Crippen LogP contribution < -0.4 is 14.8 Å². The van der Waals surface area contributed by atoms with E-state index in [4.69, 9.17) is 21.1 Å². The third kappa shape index (κ3) is 5.01. The lowest BCUT2D eigenvalue weighted by Gasteiger charge is -2.19. The van der Waals surface area contributed by atoms with Gasteiger partial charge in [-0.25, -0.2) is 0 Å². The Kier molecular flexibility index (Phi) is 6.43. The van der Waals surface area contributed by atoms with E-state index in [1.165, 1.54) is 0 Å². The van der Waals surface area contributed by atoms with E-state index in [9.17, 15) is 4.79 Å². The van der Waals surface area contributed by atoms with E-state index in [1.54, 1.807) is 31.4 Å². The topological polar surface area (TPSA) is 63.4 Å². The molecule has 31 heavy (non-hydrogen) atoms. The van der Waals surface area contributed by atoms with Crippen LogP contribution in [0, 0.1) is 0 Å². The summed E-state index contributed by atoms with van der Waals surface area (Å²) in [7, 11) is 1.65. The van der Waals surface area contributed by atoms with Gasteiger partial charge in [0.2, 0.25) is 0 Å². The SMILES string of the molecule is COc1ccc([C@H](CNC(=O)COc2cccc(Cl)c2)c2c[nH]c3ccccc23)cc1. The number of aromatic amines is 1. The first-order chi connectivity index (χ1) is 15.1. The molecule has 0 radical (unpaired) electrons.